The van der Waals surface area contributed by atoms with Crippen molar-refractivity contribution in [2.75, 3.05) is 7.11 Å². The van der Waals surface area contributed by atoms with Gasteiger partial charge in [0.15, 0.2) is 5.78 Å². The molecule has 3 aromatic carbocycles. The number of carbonyl (C=O) groups is 2. The smallest absolute Gasteiger partial charge is 0.305 e. The largest absolute Gasteiger partial charge is 0.469 e. The number of hydrogen-bond acceptors (Lipinski definition) is 3. The van der Waals surface area contributed by atoms with Crippen LogP contribution in [0.2, 0.25) is 0 Å². The maximum atomic E-state index is 12.6. The first kappa shape index (κ1) is 14.9. The number of carbonyl (C=O) groups excluding carboxylic acids is 2. The van der Waals surface area contributed by atoms with Gasteiger partial charge in [0.05, 0.1) is 13.5 Å². The number of ether oxygens (including phenoxy) is 1. The molecule has 0 heterocycles. The number of fused-ring (bicyclic) bond motifs is 2. The molecule has 0 spiro atoms. The van der Waals surface area contributed by atoms with Crippen LogP contribution in [0, 0.1) is 0 Å². The summed E-state index contributed by atoms with van der Waals surface area (Å²) in [6, 6.07) is 14.6. The molecule has 3 aromatic rings. The van der Waals surface area contributed by atoms with Crippen molar-refractivity contribution >= 4 is 33.3 Å². The number of ketones is 1. The van der Waals surface area contributed by atoms with E-state index in [1.807, 2.05) is 12.1 Å². The van der Waals surface area contributed by atoms with Crippen LogP contribution < -0.4 is 0 Å². The maximum Gasteiger partial charge on any atom is 0.305 e. The molecule has 0 N–H and O–H groups in total. The molecule has 0 saturated heterocycles. The van der Waals surface area contributed by atoms with Gasteiger partial charge in [-0.3, -0.25) is 9.59 Å². The van der Waals surface area contributed by atoms with Crippen LogP contribution in [0.1, 0.15) is 34.3 Å². The Morgan fingerprint density at radius 1 is 0.958 bits per heavy atom. The lowest BCUT2D eigenvalue weighted by Gasteiger charge is -2.10. The van der Waals surface area contributed by atoms with Gasteiger partial charge in [0.2, 0.25) is 0 Å². The molecule has 0 bridgehead atoms. The highest BCUT2D eigenvalue weighted by atomic mass is 16.5. The first-order chi connectivity index (χ1) is 11.7. The van der Waals surface area contributed by atoms with E-state index >= 15 is 0 Å². The molecule has 1 aliphatic rings. The molecule has 3 nitrogen and oxygen atoms in total. The van der Waals surface area contributed by atoms with E-state index < -0.39 is 0 Å². The molecule has 0 amide bonds. The van der Waals surface area contributed by atoms with Crippen molar-refractivity contribution in [3.05, 3.63) is 59.2 Å². The Balaban J connectivity index is 1.82. The molecule has 3 heteroatoms. The number of aryl methyl sites for hydroxylation is 2. The zero-order chi connectivity index (χ0) is 16.7. The van der Waals surface area contributed by atoms with Crippen LogP contribution in [-0.2, 0) is 22.4 Å². The van der Waals surface area contributed by atoms with Crippen LogP contribution in [0.4, 0.5) is 0 Å². The van der Waals surface area contributed by atoms with Gasteiger partial charge in [-0.15, -0.1) is 0 Å². The van der Waals surface area contributed by atoms with Crippen molar-refractivity contribution in [1.29, 1.82) is 0 Å². The normalized spacial score (nSPS) is 12.7. The molecule has 4 rings (SSSR count). The molecule has 120 valence electrons. The summed E-state index contributed by atoms with van der Waals surface area (Å²) in [6.45, 7) is 0. The number of esters is 1. The third-order valence-corrected chi connectivity index (χ3v) is 4.95. The maximum absolute atomic E-state index is 12.6. The van der Waals surface area contributed by atoms with Gasteiger partial charge in [0.1, 0.15) is 0 Å². The summed E-state index contributed by atoms with van der Waals surface area (Å²) in [5.74, 6) is -0.314. The fourth-order valence-corrected chi connectivity index (χ4v) is 3.83. The number of Topliss-reactive ketones (excluding diaryl/α,β-unsaturated/α-hetero) is 1. The highest BCUT2D eigenvalue weighted by molar-refractivity contribution is 6.10. The highest BCUT2D eigenvalue weighted by Gasteiger charge is 2.23. The third kappa shape index (κ3) is 2.28. The fraction of sp³-hybridized carbons (Fsp3) is 0.238. The van der Waals surface area contributed by atoms with E-state index in [0.717, 1.165) is 24.0 Å². The Morgan fingerprint density at radius 3 is 2.58 bits per heavy atom. The van der Waals surface area contributed by atoms with E-state index in [-0.39, 0.29) is 24.6 Å². The standard InChI is InChI=1S/C21H18O3/c1-24-20(23)11-10-19(22)16-7-6-14-12-13-4-2-3-5-15(13)17-8-9-18(16)21(14)17/h2-7,12H,8-11H2,1H3. The lowest BCUT2D eigenvalue weighted by Crippen LogP contribution is -2.08. The van der Waals surface area contributed by atoms with E-state index in [0.29, 0.717) is 0 Å². The average Bonchev–Trinajstić information content (AvgIpc) is 3.06. The van der Waals surface area contributed by atoms with Crippen LogP contribution in [0.5, 0.6) is 0 Å². The van der Waals surface area contributed by atoms with Crippen LogP contribution in [0.3, 0.4) is 0 Å². The van der Waals surface area contributed by atoms with Crippen molar-refractivity contribution in [1.82, 2.24) is 0 Å². The van der Waals surface area contributed by atoms with Gasteiger partial charge in [0.25, 0.3) is 0 Å². The fourth-order valence-electron chi connectivity index (χ4n) is 3.83. The van der Waals surface area contributed by atoms with Crippen molar-refractivity contribution in [2.45, 2.75) is 25.7 Å². The summed E-state index contributed by atoms with van der Waals surface area (Å²) < 4.78 is 4.63. The number of rotatable bonds is 4. The Bertz CT molecular complexity index is 985. The summed E-state index contributed by atoms with van der Waals surface area (Å²) in [6.07, 6.45) is 2.19. The average molecular weight is 318 g/mol. The molecule has 0 aromatic heterocycles. The molecule has 1 aliphatic carbocycles. The Morgan fingerprint density at radius 2 is 1.75 bits per heavy atom. The van der Waals surface area contributed by atoms with Gasteiger partial charge in [-0.1, -0.05) is 36.4 Å². The summed E-state index contributed by atoms with van der Waals surface area (Å²) in [5.41, 5.74) is 3.25. The Labute approximate surface area is 140 Å². The predicted octanol–water partition coefficient (Wildman–Crippen LogP) is 4.23. The van der Waals surface area contributed by atoms with E-state index in [1.54, 1.807) is 0 Å². The topological polar surface area (TPSA) is 43.4 Å². The second-order valence-electron chi connectivity index (χ2n) is 6.27. The van der Waals surface area contributed by atoms with Gasteiger partial charge < -0.3 is 4.74 Å². The SMILES string of the molecule is COC(=O)CCC(=O)c1ccc2cc3ccccc3c3c2c1CC3. The van der Waals surface area contributed by atoms with Gasteiger partial charge in [-0.25, -0.2) is 0 Å². The van der Waals surface area contributed by atoms with Gasteiger partial charge in [-0.2, -0.15) is 0 Å². The predicted molar refractivity (Wildman–Crippen MR) is 94.4 cm³/mol. The van der Waals surface area contributed by atoms with E-state index in [2.05, 4.69) is 35.1 Å². The highest BCUT2D eigenvalue weighted by Crippen LogP contribution is 2.38. The molecule has 0 saturated carbocycles. The Hall–Kier alpha value is -2.68. The van der Waals surface area contributed by atoms with Gasteiger partial charge >= 0.3 is 5.97 Å². The number of hydrogen-bond donors (Lipinski definition) is 0. The molecule has 0 fully saturated rings. The lowest BCUT2D eigenvalue weighted by atomic mass is 9.93. The number of methoxy groups -OCH3 is 1. The monoisotopic (exact) mass is 318 g/mol. The molecule has 0 aliphatic heterocycles. The summed E-state index contributed by atoms with van der Waals surface area (Å²) >= 11 is 0. The minimum Gasteiger partial charge on any atom is -0.469 e. The first-order valence-electron chi connectivity index (χ1n) is 8.25. The summed E-state index contributed by atoms with van der Waals surface area (Å²) in [7, 11) is 1.35. The molecule has 0 radical (unpaired) electrons. The van der Waals surface area contributed by atoms with Gasteiger partial charge in [-0.05, 0) is 51.6 Å². The number of benzene rings is 3. The van der Waals surface area contributed by atoms with Crippen LogP contribution in [0.25, 0.3) is 21.5 Å². The second-order valence-corrected chi connectivity index (χ2v) is 6.27. The molecule has 0 atom stereocenters. The quantitative estimate of drug-likeness (QED) is 0.411. The summed E-state index contributed by atoms with van der Waals surface area (Å²) in [4.78, 5) is 23.9. The van der Waals surface area contributed by atoms with Gasteiger partial charge in [0, 0.05) is 12.0 Å². The molecule has 24 heavy (non-hydrogen) atoms. The van der Waals surface area contributed by atoms with Crippen LogP contribution in [-0.4, -0.2) is 18.9 Å². The molecule has 0 unspecified atom stereocenters. The van der Waals surface area contributed by atoms with Crippen molar-refractivity contribution < 1.29 is 14.3 Å². The van der Waals surface area contributed by atoms with Crippen LogP contribution in [0.15, 0.2) is 42.5 Å². The third-order valence-electron chi connectivity index (χ3n) is 4.95. The van der Waals surface area contributed by atoms with Crippen LogP contribution >= 0.6 is 0 Å². The minimum absolute atomic E-state index is 0.0262. The first-order valence-corrected chi connectivity index (χ1v) is 8.25. The van der Waals surface area contributed by atoms with E-state index in [4.69, 9.17) is 0 Å². The molecular weight excluding hydrogens is 300 g/mol. The zero-order valence-electron chi connectivity index (χ0n) is 13.6. The van der Waals surface area contributed by atoms with Crippen molar-refractivity contribution in [3.63, 3.8) is 0 Å². The second kappa shape index (κ2) is 5.75. The van der Waals surface area contributed by atoms with Crippen molar-refractivity contribution in [3.8, 4) is 0 Å². The van der Waals surface area contributed by atoms with E-state index in [9.17, 15) is 9.59 Å². The minimum atomic E-state index is -0.341. The van der Waals surface area contributed by atoms with E-state index in [1.165, 1.54) is 34.2 Å². The summed E-state index contributed by atoms with van der Waals surface area (Å²) in [5, 5.41) is 4.96. The molecular formula is C21H18O3. The lowest BCUT2D eigenvalue weighted by molar-refractivity contribution is -0.140. The van der Waals surface area contributed by atoms with Crippen molar-refractivity contribution in [2.24, 2.45) is 0 Å². The Kier molecular flexibility index (Phi) is 3.57. The zero-order valence-corrected chi connectivity index (χ0v) is 13.6.